The maximum atomic E-state index is 11.8. The minimum atomic E-state index is 0. The minimum absolute atomic E-state index is 0. The molecule has 0 aromatic carbocycles. The zero-order valence-corrected chi connectivity index (χ0v) is 19.7. The number of hydrogen-bond acceptors (Lipinski definition) is 4. The average Bonchev–Trinajstić information content (AvgIpc) is 2.70. The van der Waals surface area contributed by atoms with Crippen LogP contribution in [0.3, 0.4) is 0 Å². The molecule has 0 radical (unpaired) electrons. The Hall–Kier alpha value is -1.58. The van der Waals surface area contributed by atoms with Gasteiger partial charge in [-0.2, -0.15) is 0 Å². The molecule has 1 amide bonds. The number of piperidine rings is 1. The van der Waals surface area contributed by atoms with E-state index in [2.05, 4.69) is 44.6 Å². The summed E-state index contributed by atoms with van der Waals surface area (Å²) in [4.78, 5) is 24.3. The largest absolute Gasteiger partial charge is 0.371 e. The first-order chi connectivity index (χ1) is 13.1. The lowest BCUT2D eigenvalue weighted by Crippen LogP contribution is -2.43. The highest BCUT2D eigenvalue weighted by atomic mass is 127. The van der Waals surface area contributed by atoms with Gasteiger partial charge in [-0.25, -0.2) is 4.99 Å². The Morgan fingerprint density at radius 3 is 2.54 bits per heavy atom. The summed E-state index contributed by atoms with van der Waals surface area (Å²) in [5, 5.41) is 6.78. The molecule has 0 unspecified atom stereocenters. The number of amides is 1. The second kappa shape index (κ2) is 13.6. The number of carbonyl (C=O) groups is 1. The Bertz CT molecular complexity index is 588. The third kappa shape index (κ3) is 8.62. The first kappa shape index (κ1) is 24.5. The predicted molar refractivity (Wildman–Crippen MR) is 126 cm³/mol. The van der Waals surface area contributed by atoms with Crippen LogP contribution < -0.4 is 15.5 Å². The molecule has 0 bridgehead atoms. The lowest BCUT2D eigenvalue weighted by atomic mass is 9.96. The van der Waals surface area contributed by atoms with E-state index in [1.54, 1.807) is 19.0 Å². The van der Waals surface area contributed by atoms with Gasteiger partial charge in [0.25, 0.3) is 0 Å². The third-order valence-electron chi connectivity index (χ3n) is 4.89. The van der Waals surface area contributed by atoms with Crippen LogP contribution in [0.15, 0.2) is 29.5 Å². The quantitative estimate of drug-likeness (QED) is 0.247. The molecule has 158 valence electrons. The highest BCUT2D eigenvalue weighted by molar-refractivity contribution is 14.0. The van der Waals surface area contributed by atoms with Gasteiger partial charge in [0, 0.05) is 58.4 Å². The van der Waals surface area contributed by atoms with Gasteiger partial charge in [0.15, 0.2) is 5.96 Å². The van der Waals surface area contributed by atoms with Crippen LogP contribution in [0.4, 0.5) is 5.69 Å². The third-order valence-corrected chi connectivity index (χ3v) is 4.89. The number of pyridine rings is 1. The minimum Gasteiger partial charge on any atom is -0.371 e. The number of halogens is 1. The van der Waals surface area contributed by atoms with E-state index in [1.165, 1.54) is 5.69 Å². The van der Waals surface area contributed by atoms with E-state index in [1.807, 2.05) is 12.4 Å². The van der Waals surface area contributed by atoms with E-state index in [4.69, 9.17) is 0 Å². The fourth-order valence-electron chi connectivity index (χ4n) is 3.04. The Balaban J connectivity index is 0.00000392. The Morgan fingerprint density at radius 1 is 1.25 bits per heavy atom. The topological polar surface area (TPSA) is 72.9 Å². The monoisotopic (exact) mass is 502 g/mol. The smallest absolute Gasteiger partial charge is 0.243 e. The first-order valence-corrected chi connectivity index (χ1v) is 9.97. The lowest BCUT2D eigenvalue weighted by molar-refractivity contribution is -0.127. The molecule has 1 aliphatic heterocycles. The molecule has 0 spiro atoms. The Labute approximate surface area is 186 Å². The molecule has 1 aromatic rings. The van der Waals surface area contributed by atoms with Crippen molar-refractivity contribution in [1.82, 2.24) is 20.5 Å². The fourth-order valence-corrected chi connectivity index (χ4v) is 3.04. The first-order valence-electron chi connectivity index (χ1n) is 9.97. The summed E-state index contributed by atoms with van der Waals surface area (Å²) in [6, 6.07) is 4.14. The molecule has 1 saturated heterocycles. The van der Waals surface area contributed by atoms with Gasteiger partial charge in [-0.3, -0.25) is 9.78 Å². The van der Waals surface area contributed by atoms with E-state index in [0.717, 1.165) is 57.8 Å². The van der Waals surface area contributed by atoms with Gasteiger partial charge in [0.2, 0.25) is 5.91 Å². The van der Waals surface area contributed by atoms with Crippen molar-refractivity contribution in [3.05, 3.63) is 24.5 Å². The predicted octanol–water partition coefficient (Wildman–Crippen LogP) is 2.34. The number of unbranched alkanes of at least 4 members (excludes halogenated alkanes) is 1. The van der Waals surface area contributed by atoms with Crippen molar-refractivity contribution in [3.8, 4) is 0 Å². The van der Waals surface area contributed by atoms with E-state index in [-0.39, 0.29) is 36.4 Å². The number of likely N-dealkylation sites (N-methyl/N-ethyl adjacent to an activating group) is 1. The molecule has 7 nitrogen and oxygen atoms in total. The van der Waals surface area contributed by atoms with Gasteiger partial charge >= 0.3 is 0 Å². The lowest BCUT2D eigenvalue weighted by Gasteiger charge is -2.33. The van der Waals surface area contributed by atoms with E-state index in [9.17, 15) is 4.79 Å². The van der Waals surface area contributed by atoms with Crippen LogP contribution in [0, 0.1) is 5.92 Å². The van der Waals surface area contributed by atoms with E-state index < -0.39 is 0 Å². The maximum absolute atomic E-state index is 11.8. The van der Waals surface area contributed by atoms with Crippen LogP contribution in [0.1, 0.15) is 32.6 Å². The van der Waals surface area contributed by atoms with Gasteiger partial charge in [-0.1, -0.05) is 13.3 Å². The molecule has 2 rings (SSSR count). The second-order valence-corrected chi connectivity index (χ2v) is 7.25. The normalized spacial score (nSPS) is 15.0. The van der Waals surface area contributed by atoms with Crippen LogP contribution in [-0.4, -0.2) is 68.6 Å². The summed E-state index contributed by atoms with van der Waals surface area (Å²) >= 11 is 0. The molecule has 2 N–H and O–H groups in total. The maximum Gasteiger partial charge on any atom is 0.243 e. The average molecular weight is 502 g/mol. The Kier molecular flexibility index (Phi) is 11.9. The van der Waals surface area contributed by atoms with Crippen LogP contribution in [0.25, 0.3) is 0 Å². The number of aliphatic imine (C=N–C) groups is 1. The van der Waals surface area contributed by atoms with Crippen molar-refractivity contribution in [3.63, 3.8) is 0 Å². The Morgan fingerprint density at radius 2 is 1.93 bits per heavy atom. The van der Waals surface area contributed by atoms with Crippen LogP contribution in [0.2, 0.25) is 0 Å². The van der Waals surface area contributed by atoms with Crippen molar-refractivity contribution in [2.24, 2.45) is 10.9 Å². The summed E-state index contributed by atoms with van der Waals surface area (Å²) in [6.45, 7) is 6.22. The molecular formula is C20H35IN6O. The summed E-state index contributed by atoms with van der Waals surface area (Å²) in [6.07, 6.45) is 8.21. The fraction of sp³-hybridized carbons (Fsp3) is 0.650. The van der Waals surface area contributed by atoms with Crippen LogP contribution in [0.5, 0.6) is 0 Å². The standard InChI is InChI=1S/C20H34N6O.HI/c1-4-5-10-22-20(24-16-19(27)25(2)3)23-15-17-8-13-26(14-9-17)18-6-11-21-12-7-18;/h6-7,11-12,17H,4-5,8-10,13-16H2,1-3H3,(H2,22,23,24);1H. The molecule has 2 heterocycles. The highest BCUT2D eigenvalue weighted by Crippen LogP contribution is 2.22. The van der Waals surface area contributed by atoms with Gasteiger partial charge in [0.1, 0.15) is 6.54 Å². The number of guanidine groups is 1. The van der Waals surface area contributed by atoms with Crippen molar-refractivity contribution in [2.45, 2.75) is 32.6 Å². The molecule has 0 aliphatic carbocycles. The molecule has 8 heteroatoms. The summed E-state index contributed by atoms with van der Waals surface area (Å²) in [5.41, 5.74) is 1.25. The number of carbonyl (C=O) groups excluding carboxylic acids is 1. The van der Waals surface area contributed by atoms with Crippen molar-refractivity contribution in [2.75, 3.05) is 51.7 Å². The zero-order chi connectivity index (χ0) is 19.5. The van der Waals surface area contributed by atoms with E-state index in [0.29, 0.717) is 5.92 Å². The summed E-state index contributed by atoms with van der Waals surface area (Å²) in [7, 11) is 3.51. The number of aromatic nitrogens is 1. The van der Waals surface area contributed by atoms with E-state index >= 15 is 0 Å². The zero-order valence-electron chi connectivity index (χ0n) is 17.4. The summed E-state index contributed by atoms with van der Waals surface area (Å²) < 4.78 is 0. The number of nitrogens with one attached hydrogen (secondary N) is 2. The van der Waals surface area contributed by atoms with Crippen molar-refractivity contribution >= 4 is 41.5 Å². The number of hydrogen-bond donors (Lipinski definition) is 2. The van der Waals surface area contributed by atoms with Gasteiger partial charge < -0.3 is 20.4 Å². The number of nitrogens with zero attached hydrogens (tertiary/aromatic N) is 4. The van der Waals surface area contributed by atoms with Gasteiger partial charge in [-0.05, 0) is 37.3 Å². The number of anilines is 1. The van der Waals surface area contributed by atoms with Crippen molar-refractivity contribution in [1.29, 1.82) is 0 Å². The molecular weight excluding hydrogens is 467 g/mol. The molecule has 1 fully saturated rings. The van der Waals surface area contributed by atoms with Gasteiger partial charge in [0.05, 0.1) is 0 Å². The summed E-state index contributed by atoms with van der Waals surface area (Å²) in [5.74, 6) is 1.37. The van der Waals surface area contributed by atoms with Crippen molar-refractivity contribution < 1.29 is 4.79 Å². The highest BCUT2D eigenvalue weighted by Gasteiger charge is 2.19. The van der Waals surface area contributed by atoms with Gasteiger partial charge in [-0.15, -0.1) is 24.0 Å². The SMILES string of the molecule is CCCCNC(=NCC(=O)N(C)C)NCC1CCN(c2ccncc2)CC1.I. The molecule has 1 aromatic heterocycles. The molecule has 1 aliphatic rings. The molecule has 0 atom stereocenters. The van der Waals surface area contributed by atoms with Crippen LogP contribution >= 0.6 is 24.0 Å². The molecule has 28 heavy (non-hydrogen) atoms. The number of rotatable bonds is 8. The second-order valence-electron chi connectivity index (χ2n) is 7.25. The van der Waals surface area contributed by atoms with Crippen LogP contribution in [-0.2, 0) is 4.79 Å². The molecule has 0 saturated carbocycles.